The molecule has 0 aliphatic heterocycles. The zero-order valence-electron chi connectivity index (χ0n) is 42.3. The maximum atomic E-state index is 13.0. The molecular formula is C55H109N3O4. The van der Waals surface area contributed by atoms with Crippen LogP contribution >= 0.6 is 0 Å². The van der Waals surface area contributed by atoms with E-state index < -0.39 is 0 Å². The molecule has 0 aromatic rings. The third-order valence-electron chi connectivity index (χ3n) is 14.1. The van der Waals surface area contributed by atoms with Crippen molar-refractivity contribution in [3.63, 3.8) is 0 Å². The largest absolute Gasteiger partial charge is 0.465 e. The summed E-state index contributed by atoms with van der Waals surface area (Å²) in [4.78, 5) is 31.1. The van der Waals surface area contributed by atoms with Crippen molar-refractivity contribution in [3.05, 3.63) is 0 Å². The van der Waals surface area contributed by atoms with Crippen LogP contribution in [-0.4, -0.2) is 85.3 Å². The summed E-state index contributed by atoms with van der Waals surface area (Å²) in [5, 5.41) is 13.3. The van der Waals surface area contributed by atoms with Gasteiger partial charge in [0.05, 0.1) is 13.2 Å². The molecule has 0 spiro atoms. The summed E-state index contributed by atoms with van der Waals surface area (Å²) in [6.07, 6.45) is 46.4. The highest BCUT2D eigenvalue weighted by molar-refractivity contribution is 5.75. The predicted molar refractivity (Wildman–Crippen MR) is 268 cm³/mol. The third kappa shape index (κ3) is 36.1. The van der Waals surface area contributed by atoms with Gasteiger partial charge in [0.2, 0.25) is 5.91 Å². The summed E-state index contributed by atoms with van der Waals surface area (Å²) in [5.74, 6) is 1.38. The molecule has 2 atom stereocenters. The van der Waals surface area contributed by atoms with E-state index in [1.54, 1.807) is 0 Å². The number of aliphatic hydroxyl groups excluding tert-OH is 1. The molecule has 7 nitrogen and oxygen atoms in total. The number of esters is 1. The molecule has 1 amide bonds. The summed E-state index contributed by atoms with van der Waals surface area (Å²) in [7, 11) is 0. The van der Waals surface area contributed by atoms with Crippen LogP contribution in [0, 0.1) is 11.8 Å². The topological polar surface area (TPSA) is 82.1 Å². The molecule has 0 heterocycles. The summed E-state index contributed by atoms with van der Waals surface area (Å²) in [6, 6.07) is 0.597. The van der Waals surface area contributed by atoms with Gasteiger partial charge < -0.3 is 20.1 Å². The van der Waals surface area contributed by atoms with Gasteiger partial charge >= 0.3 is 5.97 Å². The number of rotatable bonds is 46. The fourth-order valence-electron chi connectivity index (χ4n) is 9.85. The molecular weight excluding hydrogens is 767 g/mol. The lowest BCUT2D eigenvalue weighted by molar-refractivity contribution is -0.145. The standard InChI is InChI=1S/C55H109N3O4/c1-5-9-13-17-19-27-36-51(35-25-15-11-7-3)49-56-54(60)41-31-23-33-43-57(45-46-58(47-48-59)53-39-29-21-22-30-40-53)44-34-24-32-42-55(61)62-50-52(37-26-16-12-8-4)38-28-20-18-14-10-6-2/h51-53,59H,5-50H2,1-4H3,(H,56,60). The second kappa shape index (κ2) is 45.0. The van der Waals surface area contributed by atoms with Crippen LogP contribution in [-0.2, 0) is 14.3 Å². The first-order valence-electron chi connectivity index (χ1n) is 28.0. The van der Waals surface area contributed by atoms with Crippen LogP contribution in [0.4, 0.5) is 0 Å². The van der Waals surface area contributed by atoms with E-state index in [1.165, 1.54) is 193 Å². The van der Waals surface area contributed by atoms with E-state index in [0.717, 1.165) is 77.8 Å². The molecule has 0 aromatic heterocycles. The van der Waals surface area contributed by atoms with E-state index in [1.807, 2.05) is 0 Å². The third-order valence-corrected chi connectivity index (χ3v) is 14.1. The Bertz CT molecular complexity index is 899. The lowest BCUT2D eigenvalue weighted by Gasteiger charge is -2.33. The van der Waals surface area contributed by atoms with Gasteiger partial charge in [-0.15, -0.1) is 0 Å². The lowest BCUT2D eigenvalue weighted by atomic mass is 9.94. The first-order valence-corrected chi connectivity index (χ1v) is 28.0. The Labute approximate surface area is 387 Å². The van der Waals surface area contributed by atoms with Crippen molar-refractivity contribution in [1.82, 2.24) is 15.1 Å². The molecule has 0 aromatic carbocycles. The van der Waals surface area contributed by atoms with Gasteiger partial charge in [0.15, 0.2) is 0 Å². The number of nitrogens with zero attached hydrogens (tertiary/aromatic N) is 2. The quantitative estimate of drug-likeness (QED) is 0.0360. The highest BCUT2D eigenvalue weighted by atomic mass is 16.5. The Morgan fingerprint density at radius 1 is 0.516 bits per heavy atom. The van der Waals surface area contributed by atoms with Crippen LogP contribution in [0.3, 0.4) is 0 Å². The van der Waals surface area contributed by atoms with Crippen molar-refractivity contribution in [2.45, 2.75) is 278 Å². The van der Waals surface area contributed by atoms with Gasteiger partial charge in [-0.05, 0) is 89.1 Å². The molecule has 0 saturated heterocycles. The minimum Gasteiger partial charge on any atom is -0.465 e. The summed E-state index contributed by atoms with van der Waals surface area (Å²) < 4.78 is 5.91. The molecule has 1 aliphatic rings. The van der Waals surface area contributed by atoms with Crippen LogP contribution in [0.25, 0.3) is 0 Å². The highest BCUT2D eigenvalue weighted by Gasteiger charge is 2.21. The number of unbranched alkanes of at least 4 members (excludes halogenated alkanes) is 20. The number of hydrogen-bond acceptors (Lipinski definition) is 6. The van der Waals surface area contributed by atoms with Crippen molar-refractivity contribution in [3.8, 4) is 0 Å². The van der Waals surface area contributed by atoms with Gasteiger partial charge in [0.1, 0.15) is 0 Å². The Balaban J connectivity index is 2.58. The maximum Gasteiger partial charge on any atom is 0.305 e. The van der Waals surface area contributed by atoms with Crippen LogP contribution in [0.1, 0.15) is 272 Å². The van der Waals surface area contributed by atoms with Gasteiger partial charge in [-0.25, -0.2) is 0 Å². The lowest BCUT2D eigenvalue weighted by Crippen LogP contribution is -2.43. The highest BCUT2D eigenvalue weighted by Crippen LogP contribution is 2.23. The maximum absolute atomic E-state index is 13.0. The monoisotopic (exact) mass is 876 g/mol. The second-order valence-electron chi connectivity index (χ2n) is 19.9. The number of aliphatic hydroxyl groups is 1. The minimum atomic E-state index is -0.00394. The van der Waals surface area contributed by atoms with Crippen molar-refractivity contribution in [2.24, 2.45) is 11.8 Å². The predicted octanol–water partition coefficient (Wildman–Crippen LogP) is 14.8. The fourth-order valence-corrected chi connectivity index (χ4v) is 9.85. The van der Waals surface area contributed by atoms with Crippen LogP contribution < -0.4 is 5.32 Å². The molecule has 1 aliphatic carbocycles. The van der Waals surface area contributed by atoms with Crippen molar-refractivity contribution in [1.29, 1.82) is 0 Å². The molecule has 1 rings (SSSR count). The first-order chi connectivity index (χ1) is 30.5. The Hall–Kier alpha value is -1.18. The number of carbonyl (C=O) groups is 2. The van der Waals surface area contributed by atoms with Gasteiger partial charge in [-0.1, -0.05) is 195 Å². The summed E-state index contributed by atoms with van der Waals surface area (Å²) in [5.41, 5.74) is 0. The number of ether oxygens (including phenoxy) is 1. The Kier molecular flexibility index (Phi) is 42.7. The first kappa shape index (κ1) is 58.8. The number of amides is 1. The fraction of sp³-hybridized carbons (Fsp3) is 0.964. The zero-order chi connectivity index (χ0) is 45.0. The second-order valence-corrected chi connectivity index (χ2v) is 19.9. The number of carbonyl (C=O) groups excluding carboxylic acids is 2. The van der Waals surface area contributed by atoms with Crippen LogP contribution in [0.5, 0.6) is 0 Å². The summed E-state index contributed by atoms with van der Waals surface area (Å²) in [6.45, 7) is 15.7. The summed E-state index contributed by atoms with van der Waals surface area (Å²) >= 11 is 0. The van der Waals surface area contributed by atoms with Crippen molar-refractivity contribution < 1.29 is 19.4 Å². The minimum absolute atomic E-state index is 0.00394. The van der Waals surface area contributed by atoms with Crippen molar-refractivity contribution in [2.75, 3.05) is 52.5 Å². The number of hydrogen-bond donors (Lipinski definition) is 2. The molecule has 1 fully saturated rings. The Morgan fingerprint density at radius 3 is 1.48 bits per heavy atom. The van der Waals surface area contributed by atoms with Crippen LogP contribution in [0.15, 0.2) is 0 Å². The number of nitrogens with one attached hydrogen (secondary N) is 1. The van der Waals surface area contributed by atoms with Gasteiger partial charge in [0, 0.05) is 45.1 Å². The molecule has 1 saturated carbocycles. The molecule has 62 heavy (non-hydrogen) atoms. The molecule has 0 bridgehead atoms. The average Bonchev–Trinajstić information content (AvgIpc) is 3.57. The Morgan fingerprint density at radius 2 is 0.968 bits per heavy atom. The zero-order valence-corrected chi connectivity index (χ0v) is 42.3. The molecule has 368 valence electrons. The van der Waals surface area contributed by atoms with Gasteiger partial charge in [-0.2, -0.15) is 0 Å². The van der Waals surface area contributed by atoms with Crippen LogP contribution in [0.2, 0.25) is 0 Å². The normalized spacial score (nSPS) is 14.7. The molecule has 2 N–H and O–H groups in total. The van der Waals surface area contributed by atoms with Crippen molar-refractivity contribution >= 4 is 11.9 Å². The molecule has 0 radical (unpaired) electrons. The molecule has 2 unspecified atom stereocenters. The van der Waals surface area contributed by atoms with Gasteiger partial charge in [0.25, 0.3) is 0 Å². The SMILES string of the molecule is CCCCCCCCC(CCCCCC)CNC(=O)CCCCCN(CCCCCC(=O)OCC(CCCCCC)CCCCCCCC)CCN(CCO)C1CCCCCC1. The van der Waals surface area contributed by atoms with E-state index in [0.29, 0.717) is 37.3 Å². The average molecular weight is 876 g/mol. The smallest absolute Gasteiger partial charge is 0.305 e. The van der Waals surface area contributed by atoms with E-state index in [9.17, 15) is 14.7 Å². The van der Waals surface area contributed by atoms with E-state index in [-0.39, 0.29) is 18.5 Å². The van der Waals surface area contributed by atoms with E-state index >= 15 is 0 Å². The van der Waals surface area contributed by atoms with E-state index in [2.05, 4.69) is 42.8 Å². The van der Waals surface area contributed by atoms with Gasteiger partial charge in [-0.3, -0.25) is 14.5 Å². The molecule has 7 heteroatoms. The van der Waals surface area contributed by atoms with E-state index in [4.69, 9.17) is 4.74 Å².